The Morgan fingerprint density at radius 2 is 2.04 bits per heavy atom. The van der Waals surface area contributed by atoms with Crippen LogP contribution in [0, 0.1) is 5.92 Å². The molecule has 0 spiro atoms. The maximum absolute atomic E-state index is 5.54. The molecule has 0 amide bonds. The van der Waals surface area contributed by atoms with Crippen molar-refractivity contribution in [1.82, 2.24) is 9.88 Å². The smallest absolute Gasteiger partial charge is 0.0972 e. The molecule has 1 saturated carbocycles. The van der Waals surface area contributed by atoms with Crippen LogP contribution >= 0.6 is 11.3 Å². The summed E-state index contributed by atoms with van der Waals surface area (Å²) in [6.07, 6.45) is 4.88. The molecule has 0 N–H and O–H groups in total. The number of aromatic nitrogens is 1. The van der Waals surface area contributed by atoms with Gasteiger partial charge in [-0.15, -0.1) is 11.3 Å². The van der Waals surface area contributed by atoms with Gasteiger partial charge in [0.05, 0.1) is 17.3 Å². The van der Waals surface area contributed by atoms with Gasteiger partial charge in [0.15, 0.2) is 0 Å². The minimum atomic E-state index is 0.720. The molecule has 23 heavy (non-hydrogen) atoms. The van der Waals surface area contributed by atoms with E-state index in [2.05, 4.69) is 40.6 Å². The Labute approximate surface area is 142 Å². The first-order valence-corrected chi connectivity index (χ1v) is 9.54. The van der Waals surface area contributed by atoms with Gasteiger partial charge < -0.3 is 4.74 Å². The molecule has 1 unspecified atom stereocenters. The second kappa shape index (κ2) is 7.12. The van der Waals surface area contributed by atoms with Crippen molar-refractivity contribution < 1.29 is 4.74 Å². The Balaban J connectivity index is 1.37. The summed E-state index contributed by atoms with van der Waals surface area (Å²) in [5, 5.41) is 3.48. The lowest BCUT2D eigenvalue weighted by Crippen LogP contribution is -2.31. The zero-order chi connectivity index (χ0) is 15.5. The lowest BCUT2D eigenvalue weighted by Gasteiger charge is -2.23. The summed E-state index contributed by atoms with van der Waals surface area (Å²) in [5.74, 6) is 0.720. The molecule has 0 bridgehead atoms. The van der Waals surface area contributed by atoms with Gasteiger partial charge in [-0.1, -0.05) is 30.3 Å². The third-order valence-electron chi connectivity index (χ3n) is 4.74. The molecular formula is C19H24N2OS. The Kier molecular flexibility index (Phi) is 4.74. The molecule has 0 radical (unpaired) electrons. The van der Waals surface area contributed by atoms with Crippen molar-refractivity contribution in [2.75, 3.05) is 19.8 Å². The molecule has 1 saturated heterocycles. The zero-order valence-corrected chi connectivity index (χ0v) is 14.3. The summed E-state index contributed by atoms with van der Waals surface area (Å²) >= 11 is 1.80. The van der Waals surface area contributed by atoms with E-state index >= 15 is 0 Å². The molecule has 4 rings (SSSR count). The van der Waals surface area contributed by atoms with Gasteiger partial charge in [-0.2, -0.15) is 0 Å². The summed E-state index contributed by atoms with van der Waals surface area (Å²) < 4.78 is 5.54. The molecular weight excluding hydrogens is 304 g/mol. The van der Waals surface area contributed by atoms with E-state index in [-0.39, 0.29) is 0 Å². The summed E-state index contributed by atoms with van der Waals surface area (Å²) in [7, 11) is 0. The Morgan fingerprint density at radius 3 is 2.78 bits per heavy atom. The van der Waals surface area contributed by atoms with E-state index in [0.29, 0.717) is 0 Å². The van der Waals surface area contributed by atoms with Gasteiger partial charge in [0.2, 0.25) is 0 Å². The molecule has 2 fully saturated rings. The lowest BCUT2D eigenvalue weighted by atomic mass is 10.1. The molecule has 2 aromatic rings. The molecule has 1 aromatic carbocycles. The Bertz CT molecular complexity index is 617. The van der Waals surface area contributed by atoms with Crippen molar-refractivity contribution in [2.45, 2.75) is 38.3 Å². The van der Waals surface area contributed by atoms with Gasteiger partial charge in [0.1, 0.15) is 0 Å². The normalized spacial score (nSPS) is 21.2. The molecule has 1 atom stereocenters. The van der Waals surface area contributed by atoms with Crippen LogP contribution in [0.5, 0.6) is 0 Å². The minimum Gasteiger partial charge on any atom is -0.381 e. The highest BCUT2D eigenvalue weighted by molar-refractivity contribution is 7.09. The van der Waals surface area contributed by atoms with Gasteiger partial charge in [-0.25, -0.2) is 4.98 Å². The lowest BCUT2D eigenvalue weighted by molar-refractivity contribution is 0.161. The number of nitrogens with zero attached hydrogens (tertiary/aromatic N) is 2. The molecule has 2 heterocycles. The van der Waals surface area contributed by atoms with Crippen molar-refractivity contribution in [2.24, 2.45) is 5.92 Å². The molecule has 1 aliphatic carbocycles. The molecule has 3 nitrogen and oxygen atoms in total. The van der Waals surface area contributed by atoms with Crippen LogP contribution in [0.15, 0.2) is 35.7 Å². The number of ether oxygens (including phenoxy) is 1. The largest absolute Gasteiger partial charge is 0.381 e. The van der Waals surface area contributed by atoms with Crippen molar-refractivity contribution in [3.8, 4) is 0 Å². The third-order valence-corrected chi connectivity index (χ3v) is 5.64. The van der Waals surface area contributed by atoms with Crippen LogP contribution in [0.3, 0.4) is 0 Å². The van der Waals surface area contributed by atoms with Crippen molar-refractivity contribution in [3.63, 3.8) is 0 Å². The van der Waals surface area contributed by atoms with Gasteiger partial charge in [0, 0.05) is 37.5 Å². The molecule has 2 aliphatic rings. The Hall–Kier alpha value is -1.23. The Morgan fingerprint density at radius 1 is 1.17 bits per heavy atom. The van der Waals surface area contributed by atoms with Crippen molar-refractivity contribution >= 4 is 11.3 Å². The predicted molar refractivity (Wildman–Crippen MR) is 93.7 cm³/mol. The van der Waals surface area contributed by atoms with Crippen LogP contribution in [-0.2, 0) is 17.7 Å². The summed E-state index contributed by atoms with van der Waals surface area (Å²) in [6.45, 7) is 4.07. The zero-order valence-electron chi connectivity index (χ0n) is 13.5. The van der Waals surface area contributed by atoms with Gasteiger partial charge >= 0.3 is 0 Å². The monoisotopic (exact) mass is 328 g/mol. The number of thiazole rings is 1. The van der Waals surface area contributed by atoms with Crippen molar-refractivity contribution in [1.29, 1.82) is 0 Å². The highest BCUT2D eigenvalue weighted by Gasteiger charge is 2.31. The van der Waals surface area contributed by atoms with Gasteiger partial charge in [-0.3, -0.25) is 4.90 Å². The standard InChI is InChI=1S/C19H24N2OS/c1-2-4-15(5-3-1)10-19-20-17(14-23-19)12-21(18-6-7-18)11-16-8-9-22-13-16/h1-5,14,16,18H,6-13H2. The third kappa shape index (κ3) is 4.19. The molecule has 1 aliphatic heterocycles. The molecule has 4 heteroatoms. The highest BCUT2D eigenvalue weighted by Crippen LogP contribution is 2.30. The number of hydrogen-bond acceptors (Lipinski definition) is 4. The van der Waals surface area contributed by atoms with Crippen molar-refractivity contribution in [3.05, 3.63) is 52.0 Å². The summed E-state index contributed by atoms with van der Waals surface area (Å²) in [5.41, 5.74) is 2.59. The van der Waals surface area contributed by atoms with E-state index < -0.39 is 0 Å². The summed E-state index contributed by atoms with van der Waals surface area (Å²) in [4.78, 5) is 7.52. The fourth-order valence-corrected chi connectivity index (χ4v) is 4.14. The number of hydrogen-bond donors (Lipinski definition) is 0. The van der Waals surface area contributed by atoms with Crippen LogP contribution in [0.1, 0.15) is 35.5 Å². The second-order valence-corrected chi connectivity index (χ2v) is 7.73. The van der Waals surface area contributed by atoms with E-state index in [1.54, 1.807) is 11.3 Å². The molecule has 122 valence electrons. The van der Waals surface area contributed by atoms with Crippen LogP contribution < -0.4 is 0 Å². The maximum Gasteiger partial charge on any atom is 0.0972 e. The van der Waals surface area contributed by atoms with Gasteiger partial charge in [-0.05, 0) is 30.7 Å². The quantitative estimate of drug-likeness (QED) is 0.774. The number of benzene rings is 1. The van der Waals surface area contributed by atoms with E-state index in [9.17, 15) is 0 Å². The first-order chi connectivity index (χ1) is 11.4. The average molecular weight is 328 g/mol. The van der Waals surface area contributed by atoms with Crippen LogP contribution in [0.2, 0.25) is 0 Å². The number of rotatable bonds is 7. The van der Waals surface area contributed by atoms with E-state index in [1.807, 2.05) is 0 Å². The van der Waals surface area contributed by atoms with E-state index in [1.165, 1.54) is 42.1 Å². The van der Waals surface area contributed by atoms with Crippen LogP contribution in [0.4, 0.5) is 0 Å². The van der Waals surface area contributed by atoms with E-state index in [0.717, 1.165) is 38.1 Å². The molecule has 1 aromatic heterocycles. The van der Waals surface area contributed by atoms with Crippen LogP contribution in [-0.4, -0.2) is 35.7 Å². The fraction of sp³-hybridized carbons (Fsp3) is 0.526. The average Bonchev–Trinajstić information content (AvgIpc) is 3.12. The SMILES string of the molecule is c1ccc(Cc2nc(CN(CC3CCOC3)C3CC3)cs2)cc1. The topological polar surface area (TPSA) is 25.4 Å². The first kappa shape index (κ1) is 15.3. The maximum atomic E-state index is 5.54. The first-order valence-electron chi connectivity index (χ1n) is 8.66. The summed E-state index contributed by atoms with van der Waals surface area (Å²) in [6, 6.07) is 11.4. The fourth-order valence-electron chi connectivity index (χ4n) is 3.32. The minimum absolute atomic E-state index is 0.720. The predicted octanol–water partition coefficient (Wildman–Crippen LogP) is 3.73. The van der Waals surface area contributed by atoms with Crippen LogP contribution in [0.25, 0.3) is 0 Å². The highest BCUT2D eigenvalue weighted by atomic mass is 32.1. The van der Waals surface area contributed by atoms with E-state index in [4.69, 9.17) is 9.72 Å². The van der Waals surface area contributed by atoms with Gasteiger partial charge in [0.25, 0.3) is 0 Å². The second-order valence-electron chi connectivity index (χ2n) is 6.79.